The smallest absolute Gasteiger partial charge is 0.131 e. The van der Waals surface area contributed by atoms with Gasteiger partial charge in [0.05, 0.1) is 0 Å². The normalized spacial score (nSPS) is 24.2. The van der Waals surface area contributed by atoms with Crippen molar-refractivity contribution in [3.8, 4) is 0 Å². The number of halogens is 1. The van der Waals surface area contributed by atoms with Crippen molar-refractivity contribution in [3.63, 3.8) is 0 Å². The van der Waals surface area contributed by atoms with Crippen molar-refractivity contribution < 1.29 is 4.39 Å². The van der Waals surface area contributed by atoms with E-state index in [4.69, 9.17) is 5.73 Å². The summed E-state index contributed by atoms with van der Waals surface area (Å²) in [4.78, 5) is 0. The van der Waals surface area contributed by atoms with Crippen molar-refractivity contribution in [3.05, 3.63) is 35.1 Å². The summed E-state index contributed by atoms with van der Waals surface area (Å²) in [7, 11) is 0. The van der Waals surface area contributed by atoms with Crippen LogP contribution in [0.1, 0.15) is 43.7 Å². The van der Waals surface area contributed by atoms with Crippen molar-refractivity contribution in [2.24, 2.45) is 11.7 Å². The highest BCUT2D eigenvalue weighted by Crippen LogP contribution is 2.34. The Bertz CT molecular complexity index is 394. The first-order valence-electron chi connectivity index (χ1n) is 6.78. The van der Waals surface area contributed by atoms with Crippen LogP contribution in [0.2, 0.25) is 0 Å². The zero-order valence-electron chi connectivity index (χ0n) is 11.0. The Kier molecular flexibility index (Phi) is 5.07. The lowest BCUT2D eigenvalue weighted by molar-refractivity contribution is 0.394. The molecule has 0 bridgehead atoms. The number of hydrogen-bond acceptors (Lipinski definition) is 2. The van der Waals surface area contributed by atoms with Gasteiger partial charge in [0.15, 0.2) is 0 Å². The second kappa shape index (κ2) is 6.58. The number of thioether (sulfide) groups is 1. The van der Waals surface area contributed by atoms with Crippen molar-refractivity contribution in [2.45, 2.75) is 50.2 Å². The van der Waals surface area contributed by atoms with Gasteiger partial charge in [-0.3, -0.25) is 0 Å². The molecule has 2 unspecified atom stereocenters. The molecule has 1 fully saturated rings. The average molecular weight is 267 g/mol. The molecule has 0 spiro atoms. The Morgan fingerprint density at radius 2 is 2.11 bits per heavy atom. The second-order valence-corrected chi connectivity index (χ2v) is 6.59. The third kappa shape index (κ3) is 3.48. The molecule has 0 saturated heterocycles. The van der Waals surface area contributed by atoms with Crippen LogP contribution in [0.15, 0.2) is 18.2 Å². The third-order valence-electron chi connectivity index (χ3n) is 3.74. The summed E-state index contributed by atoms with van der Waals surface area (Å²) < 4.78 is 14.0. The van der Waals surface area contributed by atoms with Crippen molar-refractivity contribution in [2.75, 3.05) is 0 Å². The number of hydrogen-bond donors (Lipinski definition) is 1. The van der Waals surface area contributed by atoms with E-state index in [1.54, 1.807) is 6.07 Å². The average Bonchev–Trinajstić information content (AvgIpc) is 2.38. The minimum atomic E-state index is -0.101. The minimum absolute atomic E-state index is 0.101. The third-order valence-corrected chi connectivity index (χ3v) is 5.12. The fourth-order valence-electron chi connectivity index (χ4n) is 2.64. The standard InChI is InChI=1S/C15H22FNS/c1-11-4-2-7-14(8-11)18-10-13-6-3-5-12(9-17)15(13)16/h3,5-6,11,14H,2,4,7-10,17H2,1H3. The lowest BCUT2D eigenvalue weighted by Gasteiger charge is -2.26. The summed E-state index contributed by atoms with van der Waals surface area (Å²) >= 11 is 1.91. The summed E-state index contributed by atoms with van der Waals surface area (Å²) in [6.07, 6.45) is 5.24. The second-order valence-electron chi connectivity index (χ2n) is 5.30. The van der Waals surface area contributed by atoms with Gasteiger partial charge in [-0.2, -0.15) is 11.8 Å². The first-order chi connectivity index (χ1) is 8.70. The van der Waals surface area contributed by atoms with Crippen molar-refractivity contribution in [1.29, 1.82) is 0 Å². The van der Waals surface area contributed by atoms with Crippen LogP contribution in [0, 0.1) is 11.7 Å². The maximum Gasteiger partial charge on any atom is 0.131 e. The van der Waals surface area contributed by atoms with E-state index in [9.17, 15) is 4.39 Å². The molecule has 0 radical (unpaired) electrons. The monoisotopic (exact) mass is 267 g/mol. The Balaban J connectivity index is 1.93. The van der Waals surface area contributed by atoms with Crippen LogP contribution < -0.4 is 5.73 Å². The van der Waals surface area contributed by atoms with E-state index in [-0.39, 0.29) is 12.4 Å². The van der Waals surface area contributed by atoms with E-state index < -0.39 is 0 Å². The maximum atomic E-state index is 14.0. The molecule has 18 heavy (non-hydrogen) atoms. The van der Waals surface area contributed by atoms with Crippen LogP contribution in [0.25, 0.3) is 0 Å². The highest BCUT2D eigenvalue weighted by Gasteiger charge is 2.19. The quantitative estimate of drug-likeness (QED) is 0.889. The van der Waals surface area contributed by atoms with Crippen molar-refractivity contribution >= 4 is 11.8 Å². The topological polar surface area (TPSA) is 26.0 Å². The van der Waals surface area contributed by atoms with Gasteiger partial charge in [-0.1, -0.05) is 38.0 Å². The SMILES string of the molecule is CC1CCCC(SCc2cccc(CN)c2F)C1. The summed E-state index contributed by atoms with van der Waals surface area (Å²) in [5, 5.41) is 0.703. The Morgan fingerprint density at radius 3 is 2.83 bits per heavy atom. The molecule has 1 aromatic carbocycles. The van der Waals surface area contributed by atoms with E-state index in [1.807, 2.05) is 23.9 Å². The lowest BCUT2D eigenvalue weighted by Crippen LogP contribution is -2.15. The van der Waals surface area contributed by atoms with Crippen molar-refractivity contribution in [1.82, 2.24) is 0 Å². The summed E-state index contributed by atoms with van der Waals surface area (Å²) in [5.74, 6) is 1.50. The van der Waals surface area contributed by atoms with Gasteiger partial charge in [-0.25, -0.2) is 4.39 Å². The molecule has 100 valence electrons. The molecule has 0 amide bonds. The van der Waals surface area contributed by atoms with Gasteiger partial charge in [-0.15, -0.1) is 0 Å². The van der Waals surface area contributed by atoms with Gasteiger partial charge in [-0.05, 0) is 24.3 Å². The van der Waals surface area contributed by atoms with Gasteiger partial charge < -0.3 is 5.73 Å². The van der Waals surface area contributed by atoms with Gasteiger partial charge in [0, 0.05) is 23.1 Å². The molecule has 1 aliphatic rings. The van der Waals surface area contributed by atoms with E-state index in [2.05, 4.69) is 6.92 Å². The molecule has 1 nitrogen and oxygen atoms in total. The molecule has 2 atom stereocenters. The number of benzene rings is 1. The van der Waals surface area contributed by atoms with E-state index in [1.165, 1.54) is 25.7 Å². The molecule has 2 rings (SSSR count). The van der Waals surface area contributed by atoms with E-state index in [0.717, 1.165) is 17.2 Å². The molecule has 0 aromatic heterocycles. The van der Waals surface area contributed by atoms with Crippen LogP contribution in [0.3, 0.4) is 0 Å². The molecule has 1 aromatic rings. The van der Waals surface area contributed by atoms with Gasteiger partial charge in [0.1, 0.15) is 5.82 Å². The van der Waals surface area contributed by atoms with E-state index in [0.29, 0.717) is 10.8 Å². The number of nitrogens with two attached hydrogens (primary N) is 1. The largest absolute Gasteiger partial charge is 0.326 e. The fourth-order valence-corrected chi connectivity index (χ4v) is 4.08. The van der Waals surface area contributed by atoms with Gasteiger partial charge in [0.2, 0.25) is 0 Å². The summed E-state index contributed by atoms with van der Waals surface area (Å²) in [6, 6.07) is 5.56. The number of rotatable bonds is 4. The summed E-state index contributed by atoms with van der Waals surface area (Å²) in [5.41, 5.74) is 6.97. The summed E-state index contributed by atoms with van der Waals surface area (Å²) in [6.45, 7) is 2.60. The fraction of sp³-hybridized carbons (Fsp3) is 0.600. The van der Waals surface area contributed by atoms with Crippen LogP contribution in [0.4, 0.5) is 4.39 Å². The molecule has 0 heterocycles. The zero-order valence-corrected chi connectivity index (χ0v) is 11.8. The van der Waals surface area contributed by atoms with Crippen LogP contribution in [-0.4, -0.2) is 5.25 Å². The maximum absolute atomic E-state index is 14.0. The molecular weight excluding hydrogens is 245 g/mol. The first-order valence-corrected chi connectivity index (χ1v) is 7.83. The predicted octanol–water partition coefficient (Wildman–Crippen LogP) is 4.10. The van der Waals surface area contributed by atoms with Gasteiger partial charge >= 0.3 is 0 Å². The molecule has 0 aliphatic heterocycles. The van der Waals surface area contributed by atoms with E-state index >= 15 is 0 Å². The zero-order chi connectivity index (χ0) is 13.0. The Hall–Kier alpha value is -0.540. The Morgan fingerprint density at radius 1 is 1.33 bits per heavy atom. The molecule has 1 saturated carbocycles. The molecular formula is C15H22FNS. The molecule has 1 aliphatic carbocycles. The molecule has 3 heteroatoms. The minimum Gasteiger partial charge on any atom is -0.326 e. The highest BCUT2D eigenvalue weighted by atomic mass is 32.2. The highest BCUT2D eigenvalue weighted by molar-refractivity contribution is 7.99. The first kappa shape index (κ1) is 13.9. The van der Waals surface area contributed by atoms with Crippen LogP contribution >= 0.6 is 11.8 Å². The van der Waals surface area contributed by atoms with Gasteiger partial charge in [0.25, 0.3) is 0 Å². The van der Waals surface area contributed by atoms with Crippen LogP contribution in [-0.2, 0) is 12.3 Å². The Labute approximate surface area is 113 Å². The van der Waals surface area contributed by atoms with Crippen LogP contribution in [0.5, 0.6) is 0 Å². The lowest BCUT2D eigenvalue weighted by atomic mass is 9.91. The molecule has 2 N–H and O–H groups in total. The predicted molar refractivity (Wildman–Crippen MR) is 77.0 cm³/mol.